The number of ketones is 1. The van der Waals surface area contributed by atoms with Crippen LogP contribution in [0.25, 0.3) is 0 Å². The van der Waals surface area contributed by atoms with Crippen LogP contribution in [0.3, 0.4) is 0 Å². The van der Waals surface area contributed by atoms with Crippen LogP contribution in [-0.4, -0.2) is 16.0 Å². The minimum atomic E-state index is 0.278. The van der Waals surface area contributed by atoms with E-state index in [9.17, 15) is 4.79 Å². The minimum Gasteiger partial charge on any atom is -0.300 e. The molecule has 3 heteroatoms. The quantitative estimate of drug-likeness (QED) is 0.675. The molecule has 1 heterocycles. The van der Waals surface area contributed by atoms with Crippen molar-refractivity contribution >= 4 is 5.78 Å². The Morgan fingerprint density at radius 3 is 3.00 bits per heavy atom. The van der Waals surface area contributed by atoms with Gasteiger partial charge in [0.1, 0.15) is 5.78 Å². The predicted molar refractivity (Wildman–Crippen MR) is 45.7 cm³/mol. The van der Waals surface area contributed by atoms with Crippen LogP contribution in [0, 0.1) is 0 Å². The Morgan fingerprint density at radius 1 is 1.58 bits per heavy atom. The molecule has 1 rings (SSSR count). The first-order valence-electron chi connectivity index (χ1n) is 4.11. The SMILES string of the molecule is CCC(=O)CCc1cccnn1. The summed E-state index contributed by atoms with van der Waals surface area (Å²) in [6.07, 6.45) is 3.53. The van der Waals surface area contributed by atoms with Gasteiger partial charge < -0.3 is 0 Å². The maximum absolute atomic E-state index is 10.9. The van der Waals surface area contributed by atoms with Gasteiger partial charge in [0.25, 0.3) is 0 Å². The zero-order valence-corrected chi connectivity index (χ0v) is 7.16. The molecule has 0 spiro atoms. The Kier molecular flexibility index (Phi) is 3.38. The summed E-state index contributed by atoms with van der Waals surface area (Å²) in [6.45, 7) is 1.87. The third-order valence-corrected chi connectivity index (χ3v) is 1.68. The fourth-order valence-electron chi connectivity index (χ4n) is 0.911. The Bertz CT molecular complexity index is 246. The second-order valence-electron chi connectivity index (χ2n) is 2.61. The van der Waals surface area contributed by atoms with Crippen molar-refractivity contribution in [2.24, 2.45) is 0 Å². The summed E-state index contributed by atoms with van der Waals surface area (Å²) >= 11 is 0. The molecule has 1 aromatic heterocycles. The largest absolute Gasteiger partial charge is 0.300 e. The predicted octanol–water partition coefficient (Wildman–Crippen LogP) is 1.39. The number of aromatic nitrogens is 2. The molecule has 1 aromatic rings. The molecule has 3 nitrogen and oxygen atoms in total. The Hall–Kier alpha value is -1.25. The highest BCUT2D eigenvalue weighted by molar-refractivity contribution is 5.78. The van der Waals surface area contributed by atoms with Crippen LogP contribution in [0.15, 0.2) is 18.3 Å². The molecule has 0 aliphatic heterocycles. The van der Waals surface area contributed by atoms with E-state index in [1.807, 2.05) is 19.1 Å². The molecule has 0 radical (unpaired) electrons. The summed E-state index contributed by atoms with van der Waals surface area (Å²) in [7, 11) is 0. The second kappa shape index (κ2) is 4.59. The van der Waals surface area contributed by atoms with Gasteiger partial charge in [-0.2, -0.15) is 10.2 Å². The van der Waals surface area contributed by atoms with Crippen molar-refractivity contribution in [1.29, 1.82) is 0 Å². The van der Waals surface area contributed by atoms with E-state index < -0.39 is 0 Å². The van der Waals surface area contributed by atoms with Gasteiger partial charge in [0.05, 0.1) is 5.69 Å². The van der Waals surface area contributed by atoms with Crippen LogP contribution in [0.5, 0.6) is 0 Å². The van der Waals surface area contributed by atoms with E-state index in [2.05, 4.69) is 10.2 Å². The number of hydrogen-bond donors (Lipinski definition) is 0. The van der Waals surface area contributed by atoms with Gasteiger partial charge in [0, 0.05) is 19.0 Å². The molecular formula is C9H12N2O. The van der Waals surface area contributed by atoms with Crippen molar-refractivity contribution in [3.8, 4) is 0 Å². The van der Waals surface area contributed by atoms with Gasteiger partial charge in [-0.3, -0.25) is 4.79 Å². The molecule has 0 saturated heterocycles. The monoisotopic (exact) mass is 164 g/mol. The average Bonchev–Trinajstić information content (AvgIpc) is 2.16. The van der Waals surface area contributed by atoms with Gasteiger partial charge in [-0.25, -0.2) is 0 Å². The lowest BCUT2D eigenvalue weighted by atomic mass is 10.1. The molecular weight excluding hydrogens is 152 g/mol. The van der Waals surface area contributed by atoms with E-state index in [1.54, 1.807) is 6.20 Å². The highest BCUT2D eigenvalue weighted by Crippen LogP contribution is 1.98. The molecule has 0 aliphatic rings. The van der Waals surface area contributed by atoms with E-state index >= 15 is 0 Å². The molecule has 0 amide bonds. The van der Waals surface area contributed by atoms with Crippen LogP contribution in [0.4, 0.5) is 0 Å². The number of carbonyl (C=O) groups is 1. The maximum Gasteiger partial charge on any atom is 0.133 e. The molecule has 0 N–H and O–H groups in total. The number of carbonyl (C=O) groups excluding carboxylic acids is 1. The van der Waals surface area contributed by atoms with E-state index in [4.69, 9.17) is 0 Å². The number of Topliss-reactive ketones (excluding diaryl/α,β-unsaturated/α-hetero) is 1. The minimum absolute atomic E-state index is 0.278. The van der Waals surface area contributed by atoms with Gasteiger partial charge in [-0.15, -0.1) is 0 Å². The van der Waals surface area contributed by atoms with Crippen LogP contribution in [0.2, 0.25) is 0 Å². The summed E-state index contributed by atoms with van der Waals surface area (Å²) < 4.78 is 0. The van der Waals surface area contributed by atoms with Crippen LogP contribution >= 0.6 is 0 Å². The lowest BCUT2D eigenvalue weighted by molar-refractivity contribution is -0.118. The van der Waals surface area contributed by atoms with E-state index in [0.717, 1.165) is 5.69 Å². The van der Waals surface area contributed by atoms with E-state index in [1.165, 1.54) is 0 Å². The Balaban J connectivity index is 2.38. The van der Waals surface area contributed by atoms with E-state index in [-0.39, 0.29) is 5.78 Å². The Labute approximate surface area is 71.8 Å². The van der Waals surface area contributed by atoms with Gasteiger partial charge in [0.2, 0.25) is 0 Å². The molecule has 12 heavy (non-hydrogen) atoms. The van der Waals surface area contributed by atoms with Gasteiger partial charge in [0.15, 0.2) is 0 Å². The number of nitrogens with zero attached hydrogens (tertiary/aromatic N) is 2. The molecule has 0 unspecified atom stereocenters. The van der Waals surface area contributed by atoms with Gasteiger partial charge >= 0.3 is 0 Å². The fourth-order valence-corrected chi connectivity index (χ4v) is 0.911. The molecule has 0 atom stereocenters. The normalized spacial score (nSPS) is 9.75. The third kappa shape index (κ3) is 2.78. The lowest BCUT2D eigenvalue weighted by Gasteiger charge is -1.96. The fraction of sp³-hybridized carbons (Fsp3) is 0.444. The molecule has 0 aromatic carbocycles. The third-order valence-electron chi connectivity index (χ3n) is 1.68. The molecule has 0 aliphatic carbocycles. The highest BCUT2D eigenvalue weighted by atomic mass is 16.1. The molecule has 0 bridgehead atoms. The number of aryl methyl sites for hydroxylation is 1. The summed E-state index contributed by atoms with van der Waals surface area (Å²) in [6, 6.07) is 3.72. The van der Waals surface area contributed by atoms with E-state index in [0.29, 0.717) is 19.3 Å². The standard InChI is InChI=1S/C9H12N2O/c1-2-9(12)6-5-8-4-3-7-10-11-8/h3-4,7H,2,5-6H2,1H3. The maximum atomic E-state index is 10.9. The van der Waals surface area contributed by atoms with Crippen LogP contribution < -0.4 is 0 Å². The second-order valence-corrected chi connectivity index (χ2v) is 2.61. The topological polar surface area (TPSA) is 42.9 Å². The summed E-state index contributed by atoms with van der Waals surface area (Å²) in [5, 5.41) is 7.61. The van der Waals surface area contributed by atoms with Crippen molar-refractivity contribution < 1.29 is 4.79 Å². The first-order valence-corrected chi connectivity index (χ1v) is 4.11. The molecule has 0 saturated carbocycles. The smallest absolute Gasteiger partial charge is 0.133 e. The van der Waals surface area contributed by atoms with Crippen molar-refractivity contribution in [2.75, 3.05) is 0 Å². The number of rotatable bonds is 4. The highest BCUT2D eigenvalue weighted by Gasteiger charge is 1.99. The molecule has 0 fully saturated rings. The number of hydrogen-bond acceptors (Lipinski definition) is 3. The molecule has 64 valence electrons. The van der Waals surface area contributed by atoms with Crippen molar-refractivity contribution in [2.45, 2.75) is 26.2 Å². The first kappa shape index (κ1) is 8.84. The van der Waals surface area contributed by atoms with Crippen molar-refractivity contribution in [3.63, 3.8) is 0 Å². The zero-order valence-electron chi connectivity index (χ0n) is 7.16. The summed E-state index contributed by atoms with van der Waals surface area (Å²) in [5.74, 6) is 0.278. The lowest BCUT2D eigenvalue weighted by Crippen LogP contribution is -1.99. The van der Waals surface area contributed by atoms with Crippen LogP contribution in [0.1, 0.15) is 25.5 Å². The summed E-state index contributed by atoms with van der Waals surface area (Å²) in [4.78, 5) is 10.9. The van der Waals surface area contributed by atoms with Crippen molar-refractivity contribution in [3.05, 3.63) is 24.0 Å². The van der Waals surface area contributed by atoms with Crippen molar-refractivity contribution in [1.82, 2.24) is 10.2 Å². The Morgan fingerprint density at radius 2 is 2.42 bits per heavy atom. The summed E-state index contributed by atoms with van der Waals surface area (Å²) in [5.41, 5.74) is 0.888. The zero-order chi connectivity index (χ0) is 8.81. The average molecular weight is 164 g/mol. The van der Waals surface area contributed by atoms with Gasteiger partial charge in [-0.05, 0) is 18.6 Å². The first-order chi connectivity index (χ1) is 5.83. The van der Waals surface area contributed by atoms with Crippen LogP contribution in [-0.2, 0) is 11.2 Å². The van der Waals surface area contributed by atoms with Gasteiger partial charge in [-0.1, -0.05) is 6.92 Å².